The molecule has 0 radical (unpaired) electrons. The summed E-state index contributed by atoms with van der Waals surface area (Å²) < 4.78 is 1.05. The Hall–Kier alpha value is -0.910. The van der Waals surface area contributed by atoms with Crippen LogP contribution in [0.5, 0.6) is 0 Å². The van der Waals surface area contributed by atoms with Crippen LogP contribution in [-0.2, 0) is 11.3 Å². The van der Waals surface area contributed by atoms with Crippen molar-refractivity contribution in [3.05, 3.63) is 34.3 Å². The van der Waals surface area contributed by atoms with E-state index in [9.17, 15) is 4.79 Å². The summed E-state index contributed by atoms with van der Waals surface area (Å²) in [5, 5.41) is 6.35. The van der Waals surface area contributed by atoms with Crippen molar-refractivity contribution in [3.8, 4) is 0 Å². The summed E-state index contributed by atoms with van der Waals surface area (Å²) in [5.41, 5.74) is 1.12. The number of rotatable bonds is 4. The molecule has 1 unspecified atom stereocenters. The number of carbonyl (C=O) groups is 1. The van der Waals surface area contributed by atoms with E-state index in [1.165, 1.54) is 0 Å². The Labute approximate surface area is 122 Å². The fourth-order valence-electron chi connectivity index (χ4n) is 2.23. The highest BCUT2D eigenvalue weighted by atomic mass is 79.9. The van der Waals surface area contributed by atoms with E-state index >= 15 is 0 Å². The van der Waals surface area contributed by atoms with Gasteiger partial charge in [0.05, 0.1) is 0 Å². The number of hydrogen-bond donors (Lipinski definition) is 2. The van der Waals surface area contributed by atoms with Crippen LogP contribution >= 0.6 is 15.9 Å². The highest BCUT2D eigenvalue weighted by Gasteiger charge is 2.18. The van der Waals surface area contributed by atoms with Crippen LogP contribution in [0, 0.1) is 0 Å². The molecule has 1 atom stereocenters. The fourth-order valence-corrected chi connectivity index (χ4v) is 2.49. The van der Waals surface area contributed by atoms with E-state index in [1.807, 2.05) is 24.3 Å². The van der Waals surface area contributed by atoms with Gasteiger partial charge in [-0.2, -0.15) is 0 Å². The molecule has 1 aromatic rings. The second kappa shape index (κ2) is 7.03. The van der Waals surface area contributed by atoms with Crippen LogP contribution in [-0.4, -0.2) is 43.5 Å². The molecule has 0 aromatic heterocycles. The third kappa shape index (κ3) is 4.93. The van der Waals surface area contributed by atoms with Gasteiger partial charge in [-0.15, -0.1) is 0 Å². The molecule has 0 spiro atoms. The Morgan fingerprint density at radius 1 is 1.47 bits per heavy atom. The fraction of sp³-hybridized carbons (Fsp3) is 0.500. The Morgan fingerprint density at radius 3 is 2.89 bits per heavy atom. The quantitative estimate of drug-likeness (QED) is 0.878. The standard InChI is InChI=1S/C14H20BrN3O/c1-18-7-6-16-13(10-18)8-14(19)17-9-11-2-4-12(15)5-3-11/h2-5,13,16H,6-10H2,1H3,(H,17,19). The zero-order chi connectivity index (χ0) is 13.7. The van der Waals surface area contributed by atoms with Crippen molar-refractivity contribution in [1.82, 2.24) is 15.5 Å². The Kier molecular flexibility index (Phi) is 5.36. The van der Waals surface area contributed by atoms with Gasteiger partial charge >= 0.3 is 0 Å². The summed E-state index contributed by atoms with van der Waals surface area (Å²) in [6.45, 7) is 3.54. The van der Waals surface area contributed by atoms with Crippen molar-refractivity contribution in [2.75, 3.05) is 26.7 Å². The molecule has 1 heterocycles. The highest BCUT2D eigenvalue weighted by Crippen LogP contribution is 2.10. The number of carbonyl (C=O) groups excluding carboxylic acids is 1. The third-order valence-corrected chi connectivity index (χ3v) is 3.82. The number of likely N-dealkylation sites (N-methyl/N-ethyl adjacent to an activating group) is 1. The van der Waals surface area contributed by atoms with Crippen molar-refractivity contribution < 1.29 is 4.79 Å². The lowest BCUT2D eigenvalue weighted by molar-refractivity contribution is -0.121. The first-order valence-electron chi connectivity index (χ1n) is 6.56. The number of nitrogens with one attached hydrogen (secondary N) is 2. The van der Waals surface area contributed by atoms with Gasteiger partial charge in [-0.1, -0.05) is 28.1 Å². The van der Waals surface area contributed by atoms with Gasteiger partial charge in [0.1, 0.15) is 0 Å². The predicted molar refractivity (Wildman–Crippen MR) is 79.9 cm³/mol. The molecule has 5 heteroatoms. The molecule has 2 N–H and O–H groups in total. The van der Waals surface area contributed by atoms with Crippen LogP contribution in [0.4, 0.5) is 0 Å². The maximum Gasteiger partial charge on any atom is 0.221 e. The molecule has 0 saturated carbocycles. The molecule has 1 saturated heterocycles. The Morgan fingerprint density at radius 2 is 2.21 bits per heavy atom. The van der Waals surface area contributed by atoms with Crippen molar-refractivity contribution in [1.29, 1.82) is 0 Å². The molecular weight excluding hydrogens is 306 g/mol. The molecule has 104 valence electrons. The zero-order valence-electron chi connectivity index (χ0n) is 11.2. The lowest BCUT2D eigenvalue weighted by Crippen LogP contribution is -2.50. The lowest BCUT2D eigenvalue weighted by atomic mass is 10.1. The number of amides is 1. The van der Waals surface area contributed by atoms with Crippen LogP contribution in [0.25, 0.3) is 0 Å². The summed E-state index contributed by atoms with van der Waals surface area (Å²) >= 11 is 3.40. The minimum atomic E-state index is 0.107. The monoisotopic (exact) mass is 325 g/mol. The average molecular weight is 326 g/mol. The molecule has 1 amide bonds. The Balaban J connectivity index is 1.73. The molecule has 1 aliphatic heterocycles. The van der Waals surface area contributed by atoms with Crippen molar-refractivity contribution in [2.45, 2.75) is 19.0 Å². The van der Waals surface area contributed by atoms with Gasteiger partial charge in [0, 0.05) is 43.1 Å². The van der Waals surface area contributed by atoms with Crippen LogP contribution in [0.2, 0.25) is 0 Å². The molecule has 4 nitrogen and oxygen atoms in total. The molecule has 1 fully saturated rings. The summed E-state index contributed by atoms with van der Waals surface area (Å²) in [4.78, 5) is 14.1. The average Bonchev–Trinajstić information content (AvgIpc) is 2.38. The van der Waals surface area contributed by atoms with Crippen LogP contribution < -0.4 is 10.6 Å². The first kappa shape index (κ1) is 14.5. The second-order valence-electron chi connectivity index (χ2n) is 5.02. The smallest absolute Gasteiger partial charge is 0.221 e. The maximum atomic E-state index is 11.9. The van der Waals surface area contributed by atoms with Gasteiger partial charge in [-0.25, -0.2) is 0 Å². The molecule has 1 aliphatic rings. The van der Waals surface area contributed by atoms with E-state index in [1.54, 1.807) is 0 Å². The van der Waals surface area contributed by atoms with Gasteiger partial charge in [0.15, 0.2) is 0 Å². The van der Waals surface area contributed by atoms with Crippen LogP contribution in [0.3, 0.4) is 0 Å². The summed E-state index contributed by atoms with van der Waals surface area (Å²) in [6, 6.07) is 8.26. The summed E-state index contributed by atoms with van der Waals surface area (Å²) in [5.74, 6) is 0.107. The van der Waals surface area contributed by atoms with E-state index in [0.29, 0.717) is 13.0 Å². The molecule has 2 rings (SSSR count). The minimum Gasteiger partial charge on any atom is -0.352 e. The van der Waals surface area contributed by atoms with Crippen molar-refractivity contribution in [3.63, 3.8) is 0 Å². The first-order chi connectivity index (χ1) is 9.13. The predicted octanol–water partition coefficient (Wildman–Crippen LogP) is 1.36. The van der Waals surface area contributed by atoms with Gasteiger partial charge in [0.2, 0.25) is 5.91 Å². The van der Waals surface area contributed by atoms with E-state index < -0.39 is 0 Å². The molecular formula is C14H20BrN3O. The molecule has 0 bridgehead atoms. The van der Waals surface area contributed by atoms with E-state index in [-0.39, 0.29) is 11.9 Å². The van der Waals surface area contributed by atoms with Gasteiger partial charge < -0.3 is 15.5 Å². The number of nitrogens with zero attached hydrogens (tertiary/aromatic N) is 1. The minimum absolute atomic E-state index is 0.107. The van der Waals surface area contributed by atoms with E-state index in [2.05, 4.69) is 38.5 Å². The van der Waals surface area contributed by atoms with Gasteiger partial charge in [0.25, 0.3) is 0 Å². The third-order valence-electron chi connectivity index (χ3n) is 3.29. The molecule has 0 aliphatic carbocycles. The first-order valence-corrected chi connectivity index (χ1v) is 7.36. The SMILES string of the molecule is CN1CCNC(CC(=O)NCc2ccc(Br)cc2)C1. The normalized spacial score (nSPS) is 20.2. The highest BCUT2D eigenvalue weighted by molar-refractivity contribution is 9.10. The second-order valence-corrected chi connectivity index (χ2v) is 5.94. The maximum absolute atomic E-state index is 11.9. The summed E-state index contributed by atoms with van der Waals surface area (Å²) in [7, 11) is 2.09. The van der Waals surface area contributed by atoms with Gasteiger partial charge in [-0.3, -0.25) is 4.79 Å². The van der Waals surface area contributed by atoms with E-state index in [0.717, 1.165) is 29.7 Å². The van der Waals surface area contributed by atoms with Crippen LogP contribution in [0.1, 0.15) is 12.0 Å². The van der Waals surface area contributed by atoms with Gasteiger partial charge in [-0.05, 0) is 24.7 Å². The van der Waals surface area contributed by atoms with E-state index in [4.69, 9.17) is 0 Å². The topological polar surface area (TPSA) is 44.4 Å². The van der Waals surface area contributed by atoms with Crippen molar-refractivity contribution >= 4 is 21.8 Å². The molecule has 19 heavy (non-hydrogen) atoms. The number of halogens is 1. The number of hydrogen-bond acceptors (Lipinski definition) is 3. The van der Waals surface area contributed by atoms with Crippen molar-refractivity contribution in [2.24, 2.45) is 0 Å². The van der Waals surface area contributed by atoms with Crippen LogP contribution in [0.15, 0.2) is 28.7 Å². The largest absolute Gasteiger partial charge is 0.352 e. The lowest BCUT2D eigenvalue weighted by Gasteiger charge is -2.30. The Bertz CT molecular complexity index is 421. The molecule has 1 aromatic carbocycles. The zero-order valence-corrected chi connectivity index (χ0v) is 12.7. The number of piperazine rings is 1. The summed E-state index contributed by atoms with van der Waals surface area (Å²) in [6.07, 6.45) is 0.543. The number of benzene rings is 1.